The smallest absolute Gasteiger partial charge is 0.337 e. The molecule has 23 heavy (non-hydrogen) atoms. The van der Waals surface area contributed by atoms with Crippen LogP contribution in [-0.4, -0.2) is 18.8 Å². The monoisotopic (exact) mass is 309 g/mol. The zero-order chi connectivity index (χ0) is 16.2. The van der Waals surface area contributed by atoms with Gasteiger partial charge >= 0.3 is 5.97 Å². The van der Waals surface area contributed by atoms with E-state index in [9.17, 15) is 4.79 Å². The molecule has 0 bridgehead atoms. The van der Waals surface area contributed by atoms with Gasteiger partial charge in [-0.2, -0.15) is 0 Å². The van der Waals surface area contributed by atoms with Gasteiger partial charge in [-0.05, 0) is 43.2 Å². The molecule has 2 aromatic rings. The molecule has 0 saturated carbocycles. The first-order chi connectivity index (χ1) is 11.2. The van der Waals surface area contributed by atoms with Crippen molar-refractivity contribution in [2.24, 2.45) is 4.99 Å². The number of carbonyl (C=O) groups is 1. The van der Waals surface area contributed by atoms with Crippen LogP contribution in [0.25, 0.3) is 0 Å². The van der Waals surface area contributed by atoms with Crippen LogP contribution in [0.4, 0.5) is 5.69 Å². The highest BCUT2D eigenvalue weighted by molar-refractivity contribution is 6.05. The Balaban J connectivity index is 2.10. The average molecular weight is 309 g/mol. The van der Waals surface area contributed by atoms with E-state index in [0.717, 1.165) is 36.3 Å². The minimum Gasteiger partial charge on any atom is -0.465 e. The maximum absolute atomic E-state index is 11.7. The molecule has 1 heterocycles. The molecule has 0 saturated heterocycles. The van der Waals surface area contributed by atoms with Crippen molar-refractivity contribution in [3.63, 3.8) is 0 Å². The van der Waals surface area contributed by atoms with Gasteiger partial charge in [0, 0.05) is 5.56 Å². The van der Waals surface area contributed by atoms with Crippen LogP contribution in [0, 0.1) is 0 Å². The fourth-order valence-corrected chi connectivity index (χ4v) is 2.59. The normalized spacial score (nSPS) is 12.3. The van der Waals surface area contributed by atoms with Crippen molar-refractivity contribution in [2.75, 3.05) is 7.11 Å². The molecule has 0 radical (unpaired) electrons. The van der Waals surface area contributed by atoms with Gasteiger partial charge in [0.05, 0.1) is 18.4 Å². The van der Waals surface area contributed by atoms with Crippen LogP contribution in [0.1, 0.15) is 42.1 Å². The number of unbranched alkanes of at least 4 members (excludes halogenated alkanes) is 1. The van der Waals surface area contributed by atoms with Crippen LogP contribution in [0.5, 0.6) is 11.5 Å². The molecule has 0 aromatic heterocycles. The van der Waals surface area contributed by atoms with Gasteiger partial charge in [0.1, 0.15) is 11.4 Å². The molecule has 0 unspecified atom stereocenters. The minimum absolute atomic E-state index is 0.375. The van der Waals surface area contributed by atoms with Gasteiger partial charge in [-0.25, -0.2) is 9.79 Å². The second kappa shape index (κ2) is 6.65. The lowest BCUT2D eigenvalue weighted by Gasteiger charge is -2.09. The van der Waals surface area contributed by atoms with E-state index in [1.807, 2.05) is 24.3 Å². The minimum atomic E-state index is -0.375. The lowest BCUT2D eigenvalue weighted by Crippen LogP contribution is -2.01. The Hall–Kier alpha value is -2.62. The average Bonchev–Trinajstić information content (AvgIpc) is 2.75. The molecule has 118 valence electrons. The van der Waals surface area contributed by atoms with Crippen molar-refractivity contribution < 1.29 is 14.3 Å². The van der Waals surface area contributed by atoms with Crippen LogP contribution >= 0.6 is 0 Å². The maximum atomic E-state index is 11.7. The van der Waals surface area contributed by atoms with Gasteiger partial charge in [0.15, 0.2) is 5.75 Å². The topological polar surface area (TPSA) is 47.9 Å². The molecule has 0 fully saturated rings. The highest BCUT2D eigenvalue weighted by Gasteiger charge is 2.19. The van der Waals surface area contributed by atoms with Gasteiger partial charge in [-0.15, -0.1) is 0 Å². The SMILES string of the molecule is CCCCC1=Nc2cc(C(=O)OC)ccc2Oc2ccccc21. The predicted molar refractivity (Wildman–Crippen MR) is 90.0 cm³/mol. The van der Waals surface area contributed by atoms with Gasteiger partial charge in [0.2, 0.25) is 0 Å². The van der Waals surface area contributed by atoms with Gasteiger partial charge in [-0.3, -0.25) is 0 Å². The Morgan fingerprint density at radius 1 is 1.17 bits per heavy atom. The zero-order valence-electron chi connectivity index (χ0n) is 13.3. The van der Waals surface area contributed by atoms with E-state index in [2.05, 4.69) is 6.92 Å². The van der Waals surface area contributed by atoms with Gasteiger partial charge in [-0.1, -0.05) is 25.5 Å². The van der Waals surface area contributed by atoms with Crippen molar-refractivity contribution >= 4 is 17.4 Å². The summed E-state index contributed by atoms with van der Waals surface area (Å²) in [4.78, 5) is 16.5. The first-order valence-electron chi connectivity index (χ1n) is 7.80. The first kappa shape index (κ1) is 15.3. The molecule has 1 aliphatic rings. The number of nitrogens with zero attached hydrogens (tertiary/aromatic N) is 1. The summed E-state index contributed by atoms with van der Waals surface area (Å²) < 4.78 is 10.8. The van der Waals surface area contributed by atoms with E-state index in [1.165, 1.54) is 7.11 Å². The zero-order valence-corrected chi connectivity index (χ0v) is 13.3. The number of aliphatic imine (C=N–C) groups is 1. The van der Waals surface area contributed by atoms with E-state index < -0.39 is 0 Å². The van der Waals surface area contributed by atoms with Crippen LogP contribution in [0.2, 0.25) is 0 Å². The maximum Gasteiger partial charge on any atom is 0.337 e. The number of carbonyl (C=O) groups excluding carboxylic acids is 1. The lowest BCUT2D eigenvalue weighted by molar-refractivity contribution is 0.0601. The van der Waals surface area contributed by atoms with E-state index >= 15 is 0 Å². The molecule has 4 heteroatoms. The van der Waals surface area contributed by atoms with E-state index in [4.69, 9.17) is 14.5 Å². The summed E-state index contributed by atoms with van der Waals surface area (Å²) in [5.74, 6) is 1.07. The lowest BCUT2D eigenvalue weighted by atomic mass is 10.0. The summed E-state index contributed by atoms with van der Waals surface area (Å²) in [5, 5.41) is 0. The Labute approximate surface area is 135 Å². The molecule has 0 spiro atoms. The summed E-state index contributed by atoms with van der Waals surface area (Å²) >= 11 is 0. The van der Waals surface area contributed by atoms with Crippen molar-refractivity contribution in [1.29, 1.82) is 0 Å². The summed E-state index contributed by atoms with van der Waals surface area (Å²) in [6.07, 6.45) is 3.02. The Morgan fingerprint density at radius 3 is 2.78 bits per heavy atom. The number of esters is 1. The molecule has 0 aliphatic carbocycles. The Morgan fingerprint density at radius 2 is 2.00 bits per heavy atom. The second-order valence-electron chi connectivity index (χ2n) is 5.43. The largest absolute Gasteiger partial charge is 0.465 e. The summed E-state index contributed by atoms with van der Waals surface area (Å²) in [6, 6.07) is 13.1. The molecule has 3 rings (SSSR count). The fourth-order valence-electron chi connectivity index (χ4n) is 2.59. The first-order valence-corrected chi connectivity index (χ1v) is 7.80. The highest BCUT2D eigenvalue weighted by atomic mass is 16.5. The molecule has 2 aromatic carbocycles. The van der Waals surface area contributed by atoms with E-state index in [0.29, 0.717) is 17.0 Å². The van der Waals surface area contributed by atoms with Crippen LogP contribution in [-0.2, 0) is 4.74 Å². The van der Waals surface area contributed by atoms with E-state index in [1.54, 1.807) is 18.2 Å². The molecule has 1 aliphatic heterocycles. The molecule has 4 nitrogen and oxygen atoms in total. The second-order valence-corrected chi connectivity index (χ2v) is 5.43. The van der Waals surface area contributed by atoms with E-state index in [-0.39, 0.29) is 5.97 Å². The third-order valence-electron chi connectivity index (χ3n) is 3.82. The van der Waals surface area contributed by atoms with Crippen molar-refractivity contribution in [3.05, 3.63) is 53.6 Å². The molecule has 0 amide bonds. The number of methoxy groups -OCH3 is 1. The van der Waals surface area contributed by atoms with Crippen molar-refractivity contribution in [1.82, 2.24) is 0 Å². The number of hydrogen-bond acceptors (Lipinski definition) is 4. The van der Waals surface area contributed by atoms with Crippen LogP contribution < -0.4 is 4.74 Å². The summed E-state index contributed by atoms with van der Waals surface area (Å²) in [6.45, 7) is 2.16. The fraction of sp³-hybridized carbons (Fsp3) is 0.263. The van der Waals surface area contributed by atoms with Gasteiger partial charge in [0.25, 0.3) is 0 Å². The van der Waals surface area contributed by atoms with Gasteiger partial charge < -0.3 is 9.47 Å². The van der Waals surface area contributed by atoms with Crippen LogP contribution in [0.15, 0.2) is 47.5 Å². The quantitative estimate of drug-likeness (QED) is 0.755. The Kier molecular flexibility index (Phi) is 4.42. The molecule has 0 N–H and O–H groups in total. The number of para-hydroxylation sites is 1. The number of ether oxygens (including phenoxy) is 2. The summed E-state index contributed by atoms with van der Waals surface area (Å²) in [5.41, 5.74) is 3.13. The van der Waals surface area contributed by atoms with Crippen molar-refractivity contribution in [3.8, 4) is 11.5 Å². The number of fused-ring (bicyclic) bond motifs is 2. The molecular formula is C19H19NO3. The third-order valence-corrected chi connectivity index (χ3v) is 3.82. The summed E-state index contributed by atoms with van der Waals surface area (Å²) in [7, 11) is 1.37. The third kappa shape index (κ3) is 3.11. The molecule has 0 atom stereocenters. The Bertz CT molecular complexity index is 765. The standard InChI is InChI=1S/C19H19NO3/c1-3-4-8-15-14-7-5-6-9-17(14)23-18-11-10-13(19(21)22-2)12-16(18)20-15/h5-7,9-12H,3-4,8H2,1-2H3. The van der Waals surface area contributed by atoms with Crippen LogP contribution in [0.3, 0.4) is 0 Å². The number of hydrogen-bond donors (Lipinski definition) is 0. The number of benzene rings is 2. The number of rotatable bonds is 4. The highest BCUT2D eigenvalue weighted by Crippen LogP contribution is 2.38. The van der Waals surface area contributed by atoms with Crippen molar-refractivity contribution in [2.45, 2.75) is 26.2 Å². The predicted octanol–water partition coefficient (Wildman–Crippen LogP) is 4.89. The molecular weight excluding hydrogens is 290 g/mol.